The van der Waals surface area contributed by atoms with Crippen molar-refractivity contribution < 1.29 is 52.6 Å². The van der Waals surface area contributed by atoms with E-state index in [0.717, 1.165) is 0 Å². The molecule has 12 nitrogen and oxygen atoms in total. The molecule has 0 amide bonds. The number of hydrogen-bond acceptors (Lipinski definition) is 12. The molecule has 0 fully saturated rings. The summed E-state index contributed by atoms with van der Waals surface area (Å²) >= 11 is 0. The molecule has 96 valence electrons. The summed E-state index contributed by atoms with van der Waals surface area (Å²) in [5.41, 5.74) is 0. The molecule has 0 heterocycles. The summed E-state index contributed by atoms with van der Waals surface area (Å²) in [6.45, 7) is 0. The van der Waals surface area contributed by atoms with Crippen LogP contribution in [0.2, 0.25) is 0 Å². The molecule has 0 atom stereocenters. The van der Waals surface area contributed by atoms with Crippen LogP contribution >= 0.6 is 0 Å². The molecule has 0 rings (SSSR count). The summed E-state index contributed by atoms with van der Waals surface area (Å²) in [6.07, 6.45) is 0. The van der Waals surface area contributed by atoms with Gasteiger partial charge in [0.25, 0.3) is 0 Å². The normalized spacial score (nSPS) is 8.70. The van der Waals surface area contributed by atoms with Crippen molar-refractivity contribution in [2.24, 2.45) is 0 Å². The second-order valence-corrected chi connectivity index (χ2v) is 3.67. The van der Waals surface area contributed by atoms with Crippen LogP contribution in [0.4, 0.5) is 0 Å². The van der Waals surface area contributed by atoms with Crippen molar-refractivity contribution in [3.63, 3.8) is 0 Å². The molecule has 0 N–H and O–H groups in total. The van der Waals surface area contributed by atoms with Crippen LogP contribution in [0.1, 0.15) is 0 Å². The summed E-state index contributed by atoms with van der Waals surface area (Å²) in [4.78, 5) is 0. The van der Waals surface area contributed by atoms with Gasteiger partial charge in [0, 0.05) is 31.2 Å². The molecular formula is Al2Mg3O12S3+6. The van der Waals surface area contributed by atoms with Gasteiger partial charge in [0.1, 0.15) is 0 Å². The molecule has 0 bridgehead atoms. The van der Waals surface area contributed by atoms with E-state index in [-0.39, 0.29) is 104 Å². The van der Waals surface area contributed by atoms with Gasteiger partial charge >= 0.3 is 104 Å². The minimum atomic E-state index is -5.17. The maximum atomic E-state index is 8.52. The Labute approximate surface area is 185 Å². The number of rotatable bonds is 0. The van der Waals surface area contributed by atoms with Crippen LogP contribution in [0.25, 0.3) is 0 Å². The van der Waals surface area contributed by atoms with Gasteiger partial charge in [-0.15, -0.1) is 0 Å². The third-order valence-electron chi connectivity index (χ3n) is 0. The molecule has 0 spiro atoms. The van der Waals surface area contributed by atoms with E-state index < -0.39 is 31.2 Å². The van der Waals surface area contributed by atoms with Gasteiger partial charge < -0.3 is 27.3 Å². The van der Waals surface area contributed by atoms with E-state index in [0.29, 0.717) is 0 Å². The molecule has 0 aliphatic heterocycles. The van der Waals surface area contributed by atoms with E-state index in [9.17, 15) is 0 Å². The maximum Gasteiger partial charge on any atom is 3.00 e. The zero-order valence-electron chi connectivity index (χ0n) is 9.40. The first-order valence-corrected chi connectivity index (χ1v) is 6.00. The Morgan fingerprint density at radius 2 is 0.400 bits per heavy atom. The molecular weight excluding hydrogens is 415 g/mol. The minimum absolute atomic E-state index is 0. The predicted molar refractivity (Wildman–Crippen MR) is 60.2 cm³/mol. The topological polar surface area (TPSA) is 241 Å². The fourth-order valence-corrected chi connectivity index (χ4v) is 0. The summed E-state index contributed by atoms with van der Waals surface area (Å²) in [7, 11) is -15.5. The molecule has 0 radical (unpaired) electrons. The second-order valence-electron chi connectivity index (χ2n) is 1.22. The van der Waals surface area contributed by atoms with Crippen LogP contribution < -0.4 is 0 Å². The largest absolute Gasteiger partial charge is 3.00 e. The van der Waals surface area contributed by atoms with Crippen LogP contribution in [0.15, 0.2) is 0 Å². The fourth-order valence-electron chi connectivity index (χ4n) is 0. The zero-order valence-corrected chi connectivity index (χ0v) is 18.4. The van der Waals surface area contributed by atoms with Gasteiger partial charge in [-0.25, -0.2) is 0 Å². The molecule has 0 aromatic carbocycles. The molecule has 0 aromatic heterocycles. The molecule has 0 saturated carbocycles. The number of hydrogen-bond donors (Lipinski definition) is 0. The predicted octanol–water partition coefficient (Wildman–Crippen LogP) is -5.92. The summed E-state index contributed by atoms with van der Waals surface area (Å²) in [5.74, 6) is 0. The van der Waals surface area contributed by atoms with Gasteiger partial charge in [0.2, 0.25) is 0 Å². The van der Waals surface area contributed by atoms with Gasteiger partial charge in [-0.1, -0.05) is 0 Å². The van der Waals surface area contributed by atoms with E-state index in [1.54, 1.807) is 0 Å². The first kappa shape index (κ1) is 49.5. The van der Waals surface area contributed by atoms with E-state index in [2.05, 4.69) is 0 Å². The average molecular weight is 415 g/mol. The van der Waals surface area contributed by atoms with Crippen molar-refractivity contribution in [1.29, 1.82) is 0 Å². The Kier molecular flexibility index (Phi) is 54.4. The van der Waals surface area contributed by atoms with Gasteiger partial charge in [0.15, 0.2) is 0 Å². The molecule has 0 aromatic rings. The van der Waals surface area contributed by atoms with E-state index >= 15 is 0 Å². The van der Waals surface area contributed by atoms with Crippen molar-refractivity contribution >= 4 is 135 Å². The van der Waals surface area contributed by atoms with Gasteiger partial charge in [-0.05, 0) is 0 Å². The Morgan fingerprint density at radius 1 is 0.400 bits per heavy atom. The van der Waals surface area contributed by atoms with Crippen molar-refractivity contribution in [3.05, 3.63) is 0 Å². The van der Waals surface area contributed by atoms with Crippen LogP contribution in [0.5, 0.6) is 0 Å². The fraction of sp³-hybridized carbons (Fsp3) is 0. The van der Waals surface area contributed by atoms with Crippen LogP contribution in [-0.2, 0) is 31.2 Å². The van der Waals surface area contributed by atoms with Crippen LogP contribution in [0.3, 0.4) is 0 Å². The zero-order chi connectivity index (χ0) is 13.5. The molecule has 20 heavy (non-hydrogen) atoms. The Hall–Kier alpha value is 2.97. The Balaban J connectivity index is -0.0000000160. The Bertz CT molecular complexity index is 353. The van der Waals surface area contributed by atoms with Gasteiger partial charge in [0.05, 0.1) is 0 Å². The van der Waals surface area contributed by atoms with Crippen molar-refractivity contribution in [2.45, 2.75) is 0 Å². The standard InChI is InChI=1S/2Al.3Mg.3H2O4S/c;;;;;3*1-5(2,3)4/h;;;;;3*(H2,1,2,3,4)/q2*+3;3*+2;;;/p-6. The third-order valence-corrected chi connectivity index (χ3v) is 0. The SMILES string of the molecule is O=S(=O)([O-])[O-].O=S(=O)([O-])[O-].O=S(=O)([O-])[O-].[Al+3].[Al+3].[Mg+2].[Mg+2].[Mg+2]. The Morgan fingerprint density at radius 3 is 0.400 bits per heavy atom. The van der Waals surface area contributed by atoms with Crippen molar-refractivity contribution in [3.8, 4) is 0 Å². The van der Waals surface area contributed by atoms with Crippen LogP contribution in [-0.4, -0.2) is 156 Å². The van der Waals surface area contributed by atoms with Gasteiger partial charge in [-0.3, -0.25) is 25.3 Å². The van der Waals surface area contributed by atoms with E-state index in [1.165, 1.54) is 0 Å². The maximum absolute atomic E-state index is 8.52. The minimum Gasteiger partial charge on any atom is -0.759 e. The molecule has 0 unspecified atom stereocenters. The smallest absolute Gasteiger partial charge is 0.759 e. The van der Waals surface area contributed by atoms with Crippen molar-refractivity contribution in [1.82, 2.24) is 0 Å². The van der Waals surface area contributed by atoms with E-state index in [1.807, 2.05) is 0 Å². The quantitative estimate of drug-likeness (QED) is 0.204. The summed E-state index contributed by atoms with van der Waals surface area (Å²) in [5, 5.41) is 0. The first-order valence-electron chi connectivity index (χ1n) is 2.00. The molecule has 20 heteroatoms. The monoisotopic (exact) mass is 414 g/mol. The second kappa shape index (κ2) is 22.0. The molecule has 0 saturated heterocycles. The third kappa shape index (κ3) is 946. The van der Waals surface area contributed by atoms with Gasteiger partial charge in [-0.2, -0.15) is 0 Å². The van der Waals surface area contributed by atoms with Crippen molar-refractivity contribution in [2.75, 3.05) is 0 Å². The van der Waals surface area contributed by atoms with Crippen LogP contribution in [0, 0.1) is 0 Å². The average Bonchev–Trinajstić information content (AvgIpc) is 1.41. The summed E-state index contributed by atoms with van der Waals surface area (Å²) < 4.78 is 102. The molecule has 0 aliphatic carbocycles. The molecule has 0 aliphatic rings. The van der Waals surface area contributed by atoms with E-state index in [4.69, 9.17) is 52.6 Å². The first-order chi connectivity index (χ1) is 6.00. The summed E-state index contributed by atoms with van der Waals surface area (Å²) in [6, 6.07) is 0.